The second-order valence-corrected chi connectivity index (χ2v) is 8.23. The Hall–Kier alpha value is -1.92. The lowest BCUT2D eigenvalue weighted by molar-refractivity contribution is -0.158. The molecule has 154 valence electrons. The molecule has 3 atom stereocenters. The van der Waals surface area contributed by atoms with Gasteiger partial charge in [0.05, 0.1) is 24.2 Å². The van der Waals surface area contributed by atoms with E-state index in [1.807, 2.05) is 0 Å². The molecule has 2 aliphatic rings. The molecule has 2 rings (SSSR count). The fourth-order valence-corrected chi connectivity index (χ4v) is 3.93. The maximum absolute atomic E-state index is 12.4. The molecule has 2 bridgehead atoms. The maximum Gasteiger partial charge on any atom is 0.421 e. The van der Waals surface area contributed by atoms with Gasteiger partial charge in [-0.3, -0.25) is 9.59 Å². The van der Waals surface area contributed by atoms with Crippen LogP contribution in [0.15, 0.2) is 0 Å². The summed E-state index contributed by atoms with van der Waals surface area (Å²) in [6.07, 6.45) is -0.439. The lowest BCUT2D eigenvalue weighted by Gasteiger charge is -2.29. The van der Waals surface area contributed by atoms with Gasteiger partial charge < -0.3 is 15.4 Å². The van der Waals surface area contributed by atoms with Gasteiger partial charge in [0.25, 0.3) is 0 Å². The van der Waals surface area contributed by atoms with Crippen molar-refractivity contribution in [3.05, 3.63) is 0 Å². The Bertz CT molecular complexity index is 723. The van der Waals surface area contributed by atoms with Gasteiger partial charge in [-0.15, -0.1) is 4.28 Å². The number of carbonyl (C=O) groups is 3. The Balaban J connectivity index is 2.07. The third-order valence-corrected chi connectivity index (χ3v) is 5.77. The van der Waals surface area contributed by atoms with Crippen molar-refractivity contribution < 1.29 is 36.0 Å². The lowest BCUT2D eigenvalue weighted by atomic mass is 9.88. The Labute approximate surface area is 158 Å². The fourth-order valence-electron chi connectivity index (χ4n) is 2.92. The molecule has 11 nitrogen and oxygen atoms in total. The highest BCUT2D eigenvalue weighted by atomic mass is 32.3. The second-order valence-electron chi connectivity index (χ2n) is 7.07. The van der Waals surface area contributed by atoms with Crippen LogP contribution in [0.25, 0.3) is 0 Å². The first-order valence-corrected chi connectivity index (χ1v) is 9.93. The topological polar surface area (TPSA) is 146 Å². The number of amides is 3. The third-order valence-electron chi connectivity index (χ3n) is 4.90. The summed E-state index contributed by atoms with van der Waals surface area (Å²) >= 11 is 0. The van der Waals surface area contributed by atoms with Crippen LogP contribution in [0, 0.1) is 5.41 Å². The molecule has 2 aliphatic heterocycles. The van der Waals surface area contributed by atoms with Crippen molar-refractivity contribution in [2.24, 2.45) is 11.1 Å². The molecule has 0 saturated carbocycles. The quantitative estimate of drug-likeness (QED) is 0.549. The van der Waals surface area contributed by atoms with E-state index in [2.05, 4.69) is 0 Å². The van der Waals surface area contributed by atoms with Gasteiger partial charge in [0.15, 0.2) is 0 Å². The summed E-state index contributed by atoms with van der Waals surface area (Å²) in [7, 11) is -4.65. The van der Waals surface area contributed by atoms with Crippen molar-refractivity contribution in [2.45, 2.75) is 58.7 Å². The molecule has 0 aliphatic carbocycles. The van der Waals surface area contributed by atoms with E-state index in [4.69, 9.17) is 18.9 Å². The summed E-state index contributed by atoms with van der Waals surface area (Å²) in [6, 6.07) is -2.11. The van der Waals surface area contributed by atoms with Crippen LogP contribution in [0.1, 0.15) is 40.5 Å². The predicted octanol–water partition coefficient (Wildman–Crippen LogP) is -0.0889. The first-order valence-electron chi connectivity index (χ1n) is 8.60. The van der Waals surface area contributed by atoms with Gasteiger partial charge in [-0.1, -0.05) is 0 Å². The Kier molecular flexibility index (Phi) is 6.02. The number of fused-ring (bicyclic) bond motifs is 2. The van der Waals surface area contributed by atoms with Gasteiger partial charge in [0.2, 0.25) is 5.91 Å². The van der Waals surface area contributed by atoms with Gasteiger partial charge >= 0.3 is 22.4 Å². The van der Waals surface area contributed by atoms with Crippen molar-refractivity contribution in [3.8, 4) is 0 Å². The van der Waals surface area contributed by atoms with Gasteiger partial charge in [-0.25, -0.2) is 8.98 Å². The summed E-state index contributed by atoms with van der Waals surface area (Å²) in [5.41, 5.74) is 4.01. The number of carbonyl (C=O) groups excluding carboxylic acids is 3. The zero-order chi connectivity index (χ0) is 20.6. The molecule has 12 heteroatoms. The predicted molar refractivity (Wildman–Crippen MR) is 90.9 cm³/mol. The number of hydrogen-bond acceptors (Lipinski definition) is 8. The molecule has 2 fully saturated rings. The largest absolute Gasteiger partial charge is 0.466 e. The second kappa shape index (κ2) is 7.60. The van der Waals surface area contributed by atoms with Crippen molar-refractivity contribution >= 4 is 28.3 Å². The number of piperidine rings is 1. The van der Waals surface area contributed by atoms with Crippen LogP contribution in [0.2, 0.25) is 0 Å². The van der Waals surface area contributed by atoms with E-state index < -0.39 is 51.9 Å². The number of hydrogen-bond donors (Lipinski definition) is 1. The summed E-state index contributed by atoms with van der Waals surface area (Å²) in [6.45, 7) is 6.23. The molecule has 0 radical (unpaired) electrons. The normalized spacial score (nSPS) is 24.1. The number of ether oxygens (including phenoxy) is 1. The Morgan fingerprint density at radius 1 is 1.33 bits per heavy atom. The number of nitrogens with two attached hydrogens (primary N) is 1. The molecule has 0 aromatic heterocycles. The zero-order valence-corrected chi connectivity index (χ0v) is 16.5. The number of hydroxylamine groups is 2. The molecule has 0 spiro atoms. The molecular weight excluding hydrogens is 382 g/mol. The lowest BCUT2D eigenvalue weighted by Crippen LogP contribution is -2.47. The van der Waals surface area contributed by atoms with E-state index in [0.29, 0.717) is 17.9 Å². The standard InChI is InChI=1S/C15H25N3O8S/c1-5-24-13(20)15(3,4)9(2)25-27(22,23)26-18-10-6-7-11(12(16)19)17(8-10)14(18)21/h9-11H,5-8H2,1-4H3,(H2,16,19)/t9?,10-,11+/m1/s1. The molecular formula is C15H25N3O8S. The Morgan fingerprint density at radius 2 is 1.96 bits per heavy atom. The van der Waals surface area contributed by atoms with E-state index in [1.165, 1.54) is 25.7 Å². The summed E-state index contributed by atoms with van der Waals surface area (Å²) in [5.74, 6) is -1.29. The maximum atomic E-state index is 12.4. The Morgan fingerprint density at radius 3 is 2.52 bits per heavy atom. The van der Waals surface area contributed by atoms with Crippen LogP contribution >= 0.6 is 0 Å². The average molecular weight is 407 g/mol. The van der Waals surface area contributed by atoms with Gasteiger partial charge in [-0.2, -0.15) is 13.5 Å². The van der Waals surface area contributed by atoms with Crippen LogP contribution in [-0.2, 0) is 33.2 Å². The average Bonchev–Trinajstić information content (AvgIpc) is 2.78. The number of esters is 1. The van der Waals surface area contributed by atoms with Crippen LogP contribution in [0.5, 0.6) is 0 Å². The highest BCUT2D eigenvalue weighted by molar-refractivity contribution is 7.81. The van der Waals surface area contributed by atoms with Gasteiger partial charge in [0, 0.05) is 6.54 Å². The number of rotatable bonds is 8. The molecule has 27 heavy (non-hydrogen) atoms. The van der Waals surface area contributed by atoms with Crippen molar-refractivity contribution in [3.63, 3.8) is 0 Å². The molecule has 0 aromatic carbocycles. The highest BCUT2D eigenvalue weighted by Crippen LogP contribution is 2.32. The minimum Gasteiger partial charge on any atom is -0.466 e. The van der Waals surface area contributed by atoms with Crippen LogP contribution in [0.4, 0.5) is 4.79 Å². The highest BCUT2D eigenvalue weighted by Gasteiger charge is 2.49. The van der Waals surface area contributed by atoms with E-state index in [1.54, 1.807) is 6.92 Å². The summed E-state index contributed by atoms with van der Waals surface area (Å²) in [5, 5.41) is 0.683. The fraction of sp³-hybridized carbons (Fsp3) is 0.800. The van der Waals surface area contributed by atoms with Crippen molar-refractivity contribution in [1.82, 2.24) is 9.96 Å². The number of urea groups is 1. The first kappa shape index (κ1) is 21.4. The zero-order valence-electron chi connectivity index (χ0n) is 15.7. The summed E-state index contributed by atoms with van der Waals surface area (Å²) in [4.78, 5) is 37.0. The van der Waals surface area contributed by atoms with E-state index >= 15 is 0 Å². The SMILES string of the molecule is CCOC(=O)C(C)(C)C(C)OS(=O)(=O)ON1C(=O)N2C[C@H]1CC[C@H]2C(N)=O. The number of primary amides is 1. The van der Waals surface area contributed by atoms with Crippen LogP contribution in [0.3, 0.4) is 0 Å². The molecule has 2 heterocycles. The molecule has 0 aromatic rings. The van der Waals surface area contributed by atoms with Crippen molar-refractivity contribution in [1.29, 1.82) is 0 Å². The van der Waals surface area contributed by atoms with Gasteiger partial charge in [0.1, 0.15) is 6.04 Å². The first-order chi connectivity index (χ1) is 12.4. The smallest absolute Gasteiger partial charge is 0.421 e. The summed E-state index contributed by atoms with van der Waals surface area (Å²) < 4.78 is 39.3. The van der Waals surface area contributed by atoms with Crippen LogP contribution < -0.4 is 5.73 Å². The molecule has 3 amide bonds. The monoisotopic (exact) mass is 407 g/mol. The van der Waals surface area contributed by atoms with Crippen LogP contribution in [-0.4, -0.2) is 67.6 Å². The minimum absolute atomic E-state index is 0.131. The van der Waals surface area contributed by atoms with Crippen molar-refractivity contribution in [2.75, 3.05) is 13.2 Å². The van der Waals surface area contributed by atoms with E-state index in [9.17, 15) is 22.8 Å². The minimum atomic E-state index is -4.65. The molecule has 2 N–H and O–H groups in total. The number of nitrogens with zero attached hydrogens (tertiary/aromatic N) is 2. The molecule has 1 unspecified atom stereocenters. The molecule has 2 saturated heterocycles. The van der Waals surface area contributed by atoms with E-state index in [-0.39, 0.29) is 13.2 Å². The third kappa shape index (κ3) is 4.33. The van der Waals surface area contributed by atoms with Gasteiger partial charge in [-0.05, 0) is 40.5 Å². The van der Waals surface area contributed by atoms with E-state index in [0.717, 1.165) is 0 Å².